The number of hydrogen-bond donors (Lipinski definition) is 1. The van der Waals surface area contributed by atoms with Crippen molar-refractivity contribution in [3.63, 3.8) is 0 Å². The molecule has 0 radical (unpaired) electrons. The molecule has 0 spiro atoms. The summed E-state index contributed by atoms with van der Waals surface area (Å²) in [5.41, 5.74) is 0. The van der Waals surface area contributed by atoms with E-state index in [4.69, 9.17) is 9.84 Å². The van der Waals surface area contributed by atoms with Crippen LogP contribution < -0.4 is 0 Å². The standard InChI is InChI=1S/C8H14O4/c1-6(2)5-12-8(11)4-3-7(9)10/h6H,3-5H2,1-2H3,(H,9,10). The van der Waals surface area contributed by atoms with E-state index in [0.717, 1.165) is 0 Å². The first-order valence-electron chi connectivity index (χ1n) is 3.89. The highest BCUT2D eigenvalue weighted by Crippen LogP contribution is 1.97. The molecule has 12 heavy (non-hydrogen) atoms. The molecule has 0 unspecified atom stereocenters. The van der Waals surface area contributed by atoms with Crippen LogP contribution in [-0.2, 0) is 14.3 Å². The summed E-state index contributed by atoms with van der Waals surface area (Å²) in [4.78, 5) is 20.8. The first-order chi connectivity index (χ1) is 5.52. The Balaban J connectivity index is 3.40. The van der Waals surface area contributed by atoms with Crippen molar-refractivity contribution in [3.8, 4) is 0 Å². The summed E-state index contributed by atoms with van der Waals surface area (Å²) in [7, 11) is 0. The summed E-state index contributed by atoms with van der Waals surface area (Å²) in [5, 5.41) is 8.23. The Hall–Kier alpha value is -1.06. The quantitative estimate of drug-likeness (QED) is 0.633. The second kappa shape index (κ2) is 5.57. The van der Waals surface area contributed by atoms with Crippen LogP contribution in [0.15, 0.2) is 0 Å². The number of carbonyl (C=O) groups is 2. The molecule has 0 fully saturated rings. The van der Waals surface area contributed by atoms with Crippen LogP contribution in [0.1, 0.15) is 26.7 Å². The van der Waals surface area contributed by atoms with Crippen LogP contribution >= 0.6 is 0 Å². The van der Waals surface area contributed by atoms with E-state index in [1.807, 2.05) is 13.8 Å². The van der Waals surface area contributed by atoms with Gasteiger partial charge in [-0.3, -0.25) is 9.59 Å². The molecular formula is C8H14O4. The number of carboxylic acids is 1. The Bertz CT molecular complexity index is 162. The normalized spacial score (nSPS) is 9.92. The maximum atomic E-state index is 10.8. The van der Waals surface area contributed by atoms with Gasteiger partial charge in [0.05, 0.1) is 19.4 Å². The fourth-order valence-electron chi connectivity index (χ4n) is 0.541. The van der Waals surface area contributed by atoms with E-state index in [2.05, 4.69) is 0 Å². The number of hydrogen-bond acceptors (Lipinski definition) is 3. The van der Waals surface area contributed by atoms with Gasteiger partial charge in [-0.2, -0.15) is 0 Å². The summed E-state index contributed by atoms with van der Waals surface area (Å²) in [5.74, 6) is -1.12. The fraction of sp³-hybridized carbons (Fsp3) is 0.750. The Morgan fingerprint density at radius 3 is 2.33 bits per heavy atom. The van der Waals surface area contributed by atoms with E-state index in [1.54, 1.807) is 0 Å². The molecule has 0 aromatic heterocycles. The average molecular weight is 174 g/mol. The third-order valence-corrected chi connectivity index (χ3v) is 1.12. The summed E-state index contributed by atoms with van der Waals surface area (Å²) in [6.07, 6.45) is -0.195. The van der Waals surface area contributed by atoms with Gasteiger partial charge < -0.3 is 9.84 Å². The van der Waals surface area contributed by atoms with Crippen LogP contribution in [0.5, 0.6) is 0 Å². The number of carboxylic acid groups (broad SMARTS) is 1. The zero-order valence-electron chi connectivity index (χ0n) is 7.37. The highest BCUT2D eigenvalue weighted by Gasteiger charge is 2.06. The fourth-order valence-corrected chi connectivity index (χ4v) is 0.541. The van der Waals surface area contributed by atoms with E-state index >= 15 is 0 Å². The number of aliphatic carboxylic acids is 1. The molecule has 1 N–H and O–H groups in total. The number of ether oxygens (including phenoxy) is 1. The topological polar surface area (TPSA) is 63.6 Å². The molecule has 0 bridgehead atoms. The zero-order chi connectivity index (χ0) is 9.56. The van der Waals surface area contributed by atoms with Crippen LogP contribution in [-0.4, -0.2) is 23.7 Å². The van der Waals surface area contributed by atoms with Crippen molar-refractivity contribution in [2.24, 2.45) is 5.92 Å². The van der Waals surface area contributed by atoms with Crippen LogP contribution in [0, 0.1) is 5.92 Å². The molecule has 0 saturated carbocycles. The summed E-state index contributed by atoms with van der Waals surface area (Å²) < 4.78 is 4.75. The Kier molecular flexibility index (Phi) is 5.08. The van der Waals surface area contributed by atoms with Crippen molar-refractivity contribution >= 4 is 11.9 Å². The molecule has 70 valence electrons. The van der Waals surface area contributed by atoms with Gasteiger partial charge in [-0.25, -0.2) is 0 Å². The third kappa shape index (κ3) is 7.05. The minimum atomic E-state index is -0.975. The SMILES string of the molecule is CC(C)COC(=O)CCC(=O)O. The van der Waals surface area contributed by atoms with Crippen LogP contribution in [0.25, 0.3) is 0 Å². The number of rotatable bonds is 5. The van der Waals surface area contributed by atoms with Gasteiger partial charge in [0.25, 0.3) is 0 Å². The van der Waals surface area contributed by atoms with E-state index in [9.17, 15) is 9.59 Å². The Labute approximate surface area is 71.5 Å². The van der Waals surface area contributed by atoms with Crippen molar-refractivity contribution < 1.29 is 19.4 Å². The van der Waals surface area contributed by atoms with Crippen molar-refractivity contribution in [3.05, 3.63) is 0 Å². The molecule has 0 aromatic rings. The number of esters is 1. The molecule has 0 amide bonds. The van der Waals surface area contributed by atoms with Crippen molar-refractivity contribution in [2.75, 3.05) is 6.61 Å². The predicted octanol–water partition coefficient (Wildman–Crippen LogP) is 1.05. The van der Waals surface area contributed by atoms with Crippen LogP contribution in [0.3, 0.4) is 0 Å². The maximum absolute atomic E-state index is 10.8. The second-order valence-electron chi connectivity index (χ2n) is 2.97. The lowest BCUT2D eigenvalue weighted by molar-refractivity contribution is -0.148. The first kappa shape index (κ1) is 10.9. The molecule has 4 heteroatoms. The molecule has 0 aliphatic heterocycles. The molecule has 0 saturated heterocycles. The molecule has 4 nitrogen and oxygen atoms in total. The van der Waals surface area contributed by atoms with E-state index in [-0.39, 0.29) is 12.8 Å². The second-order valence-corrected chi connectivity index (χ2v) is 2.97. The monoisotopic (exact) mass is 174 g/mol. The summed E-state index contributed by atoms with van der Waals surface area (Å²) in [6.45, 7) is 4.20. The van der Waals surface area contributed by atoms with Gasteiger partial charge in [0.2, 0.25) is 0 Å². The zero-order valence-corrected chi connectivity index (χ0v) is 7.37. The summed E-state index contributed by atoms with van der Waals surface area (Å²) in [6, 6.07) is 0. The van der Waals surface area contributed by atoms with Crippen molar-refractivity contribution in [1.29, 1.82) is 0 Å². The van der Waals surface area contributed by atoms with E-state index < -0.39 is 11.9 Å². The van der Waals surface area contributed by atoms with Gasteiger partial charge in [0.15, 0.2) is 0 Å². The molecule has 0 atom stereocenters. The molecular weight excluding hydrogens is 160 g/mol. The minimum Gasteiger partial charge on any atom is -0.481 e. The van der Waals surface area contributed by atoms with Crippen LogP contribution in [0.2, 0.25) is 0 Å². The van der Waals surface area contributed by atoms with E-state index in [1.165, 1.54) is 0 Å². The minimum absolute atomic E-state index is 0.0396. The van der Waals surface area contributed by atoms with E-state index in [0.29, 0.717) is 12.5 Å². The molecule has 0 heterocycles. The van der Waals surface area contributed by atoms with Crippen molar-refractivity contribution in [1.82, 2.24) is 0 Å². The third-order valence-electron chi connectivity index (χ3n) is 1.12. The van der Waals surface area contributed by atoms with Crippen molar-refractivity contribution in [2.45, 2.75) is 26.7 Å². The molecule has 0 aliphatic carbocycles. The predicted molar refractivity (Wildman–Crippen MR) is 42.7 cm³/mol. The highest BCUT2D eigenvalue weighted by molar-refractivity contribution is 5.76. The Morgan fingerprint density at radius 2 is 1.92 bits per heavy atom. The first-order valence-corrected chi connectivity index (χ1v) is 3.89. The largest absolute Gasteiger partial charge is 0.481 e. The summed E-state index contributed by atoms with van der Waals surface area (Å²) >= 11 is 0. The van der Waals surface area contributed by atoms with Gasteiger partial charge in [0, 0.05) is 0 Å². The molecule has 0 aliphatic rings. The maximum Gasteiger partial charge on any atom is 0.306 e. The molecule has 0 rings (SSSR count). The molecule has 0 aromatic carbocycles. The Morgan fingerprint density at radius 1 is 1.33 bits per heavy atom. The van der Waals surface area contributed by atoms with Crippen LogP contribution in [0.4, 0.5) is 0 Å². The van der Waals surface area contributed by atoms with Gasteiger partial charge in [-0.15, -0.1) is 0 Å². The van der Waals surface area contributed by atoms with Gasteiger partial charge in [-0.05, 0) is 5.92 Å². The van der Waals surface area contributed by atoms with Gasteiger partial charge >= 0.3 is 11.9 Å². The lowest BCUT2D eigenvalue weighted by Gasteiger charge is -2.05. The number of carbonyl (C=O) groups excluding carboxylic acids is 1. The highest BCUT2D eigenvalue weighted by atomic mass is 16.5. The van der Waals surface area contributed by atoms with Gasteiger partial charge in [0.1, 0.15) is 0 Å². The average Bonchev–Trinajstić information content (AvgIpc) is 1.96. The lowest BCUT2D eigenvalue weighted by atomic mass is 10.2. The van der Waals surface area contributed by atoms with Gasteiger partial charge in [-0.1, -0.05) is 13.8 Å². The smallest absolute Gasteiger partial charge is 0.306 e. The lowest BCUT2D eigenvalue weighted by Crippen LogP contribution is -2.11.